The number of ether oxygens (including phenoxy) is 2. The lowest BCUT2D eigenvalue weighted by Crippen LogP contribution is -2.48. The first kappa shape index (κ1) is 10.9. The maximum atomic E-state index is 11.4. The van der Waals surface area contributed by atoms with E-state index in [0.29, 0.717) is 5.92 Å². The molecule has 3 saturated carbocycles. The van der Waals surface area contributed by atoms with Crippen LogP contribution in [0.5, 0.6) is 0 Å². The zero-order chi connectivity index (χ0) is 10.9. The summed E-state index contributed by atoms with van der Waals surface area (Å²) < 4.78 is 10.4. The largest absolute Gasteiger partial charge is 0.457 e. The van der Waals surface area contributed by atoms with E-state index < -0.39 is 0 Å². The molecule has 2 bridgehead atoms. The van der Waals surface area contributed by atoms with Crippen molar-refractivity contribution in [2.24, 2.45) is 11.8 Å². The van der Waals surface area contributed by atoms with Crippen LogP contribution in [0.25, 0.3) is 0 Å². The van der Waals surface area contributed by atoms with Gasteiger partial charge in [-0.25, -0.2) is 4.79 Å². The summed E-state index contributed by atoms with van der Waals surface area (Å²) in [5.74, 6) is 1.13. The highest BCUT2D eigenvalue weighted by atomic mass is 16.6. The number of hydrogen-bond donors (Lipinski definition) is 0. The van der Waals surface area contributed by atoms with Crippen molar-refractivity contribution in [2.75, 3.05) is 13.7 Å². The molecule has 0 aromatic carbocycles. The van der Waals surface area contributed by atoms with Crippen molar-refractivity contribution < 1.29 is 14.3 Å². The molecule has 0 heterocycles. The molecule has 0 saturated heterocycles. The Kier molecular flexibility index (Phi) is 3.01. The van der Waals surface area contributed by atoms with Crippen LogP contribution in [0.1, 0.15) is 39.0 Å². The third kappa shape index (κ3) is 2.17. The normalized spacial score (nSPS) is 39.1. The van der Waals surface area contributed by atoms with E-state index in [9.17, 15) is 4.79 Å². The molecule has 0 spiro atoms. The fourth-order valence-electron chi connectivity index (χ4n) is 3.25. The lowest BCUT2D eigenvalue weighted by molar-refractivity contribution is -0.180. The van der Waals surface area contributed by atoms with E-state index in [-0.39, 0.29) is 18.2 Å². The first-order valence-electron chi connectivity index (χ1n) is 5.85. The van der Waals surface area contributed by atoms with Crippen LogP contribution in [0.2, 0.25) is 0 Å². The highest BCUT2D eigenvalue weighted by Crippen LogP contribution is 2.49. The van der Waals surface area contributed by atoms with Crippen LogP contribution in [-0.4, -0.2) is 25.3 Å². The van der Waals surface area contributed by atoms with E-state index in [0.717, 1.165) is 12.3 Å². The Morgan fingerprint density at radius 2 is 2.00 bits per heavy atom. The molecule has 0 aromatic heterocycles. The number of carbonyl (C=O) groups excluding carboxylic acids is 1. The van der Waals surface area contributed by atoms with Crippen molar-refractivity contribution in [1.82, 2.24) is 0 Å². The summed E-state index contributed by atoms with van der Waals surface area (Å²) in [6.45, 7) is 2.17. The summed E-state index contributed by atoms with van der Waals surface area (Å²) in [4.78, 5) is 11.4. The van der Waals surface area contributed by atoms with E-state index in [1.807, 2.05) is 0 Å². The van der Waals surface area contributed by atoms with Crippen molar-refractivity contribution >= 4 is 5.97 Å². The Morgan fingerprint density at radius 3 is 2.47 bits per heavy atom. The summed E-state index contributed by atoms with van der Waals surface area (Å²) in [5.41, 5.74) is -0.212. The van der Waals surface area contributed by atoms with E-state index >= 15 is 0 Å². The van der Waals surface area contributed by atoms with Crippen molar-refractivity contribution in [3.8, 4) is 0 Å². The van der Waals surface area contributed by atoms with Crippen molar-refractivity contribution in [3.05, 3.63) is 0 Å². The lowest BCUT2D eigenvalue weighted by atomic mass is 9.63. The van der Waals surface area contributed by atoms with Crippen LogP contribution in [0.4, 0.5) is 0 Å². The van der Waals surface area contributed by atoms with Gasteiger partial charge in [0.15, 0.2) is 0 Å². The zero-order valence-corrected chi connectivity index (χ0v) is 9.62. The molecule has 0 N–H and O–H groups in total. The summed E-state index contributed by atoms with van der Waals surface area (Å²) in [6.07, 6.45) is 6.14. The van der Waals surface area contributed by atoms with Gasteiger partial charge in [0, 0.05) is 7.11 Å². The van der Waals surface area contributed by atoms with Gasteiger partial charge in [-0.15, -0.1) is 0 Å². The van der Waals surface area contributed by atoms with Crippen LogP contribution in [0.15, 0.2) is 0 Å². The first-order valence-corrected chi connectivity index (χ1v) is 5.85. The summed E-state index contributed by atoms with van der Waals surface area (Å²) >= 11 is 0. The van der Waals surface area contributed by atoms with Crippen molar-refractivity contribution in [2.45, 2.75) is 44.6 Å². The zero-order valence-electron chi connectivity index (χ0n) is 9.62. The fourth-order valence-corrected chi connectivity index (χ4v) is 3.25. The molecule has 3 aliphatic rings. The minimum Gasteiger partial charge on any atom is -0.457 e. The van der Waals surface area contributed by atoms with Gasteiger partial charge in [0.25, 0.3) is 0 Å². The molecule has 1 unspecified atom stereocenters. The van der Waals surface area contributed by atoms with Gasteiger partial charge < -0.3 is 9.47 Å². The summed E-state index contributed by atoms with van der Waals surface area (Å²) in [7, 11) is 1.52. The third-order valence-corrected chi connectivity index (χ3v) is 4.01. The minimum absolute atomic E-state index is 0.0764. The van der Waals surface area contributed by atoms with Gasteiger partial charge in [-0.05, 0) is 50.9 Å². The van der Waals surface area contributed by atoms with Gasteiger partial charge in [-0.3, -0.25) is 0 Å². The van der Waals surface area contributed by atoms with Crippen LogP contribution < -0.4 is 0 Å². The minimum atomic E-state index is -0.215. The van der Waals surface area contributed by atoms with E-state index in [4.69, 9.17) is 9.47 Å². The fraction of sp³-hybridized carbons (Fsp3) is 0.917. The molecule has 3 rings (SSSR count). The van der Waals surface area contributed by atoms with Crippen molar-refractivity contribution in [1.29, 1.82) is 0 Å². The van der Waals surface area contributed by atoms with E-state index in [1.54, 1.807) is 0 Å². The Bertz CT molecular complexity index is 243. The molecule has 1 atom stereocenters. The topological polar surface area (TPSA) is 35.5 Å². The van der Waals surface area contributed by atoms with Crippen molar-refractivity contribution in [3.63, 3.8) is 0 Å². The third-order valence-electron chi connectivity index (χ3n) is 4.01. The molecule has 3 aliphatic carbocycles. The molecular weight excluding hydrogens is 192 g/mol. The summed E-state index contributed by atoms with van der Waals surface area (Å²) in [6, 6.07) is 0. The molecule has 3 heteroatoms. The molecule has 0 amide bonds. The quantitative estimate of drug-likeness (QED) is 0.672. The van der Waals surface area contributed by atoms with E-state index in [1.165, 1.54) is 32.8 Å². The van der Waals surface area contributed by atoms with Gasteiger partial charge >= 0.3 is 5.97 Å². The van der Waals surface area contributed by atoms with Crippen LogP contribution in [0, 0.1) is 11.8 Å². The highest BCUT2D eigenvalue weighted by Gasteiger charge is 2.46. The number of rotatable bonds is 3. The maximum Gasteiger partial charge on any atom is 0.332 e. The second kappa shape index (κ2) is 4.12. The van der Waals surface area contributed by atoms with Gasteiger partial charge in [0.05, 0.1) is 0 Å². The molecule has 0 aromatic rings. The smallest absolute Gasteiger partial charge is 0.332 e. The molecule has 0 radical (unpaired) electrons. The standard InChI is InChI=1S/C12H20O3/c1-12(15-11(13)8-14-2)7-9-3-5-10(12)6-4-9/h9-10H,3-8H2,1-2H3. The monoisotopic (exact) mass is 212 g/mol. The predicted molar refractivity (Wildman–Crippen MR) is 56.4 cm³/mol. The second-order valence-corrected chi connectivity index (χ2v) is 5.14. The highest BCUT2D eigenvalue weighted by molar-refractivity contribution is 5.71. The summed E-state index contributed by atoms with van der Waals surface area (Å²) in [5, 5.41) is 0. The molecular formula is C12H20O3. The number of esters is 1. The first-order chi connectivity index (χ1) is 7.14. The number of fused-ring (bicyclic) bond motifs is 3. The number of hydrogen-bond acceptors (Lipinski definition) is 3. The van der Waals surface area contributed by atoms with Crippen LogP contribution in [0.3, 0.4) is 0 Å². The number of methoxy groups -OCH3 is 1. The average molecular weight is 212 g/mol. The Labute approximate surface area is 91.1 Å². The Morgan fingerprint density at radius 1 is 1.33 bits per heavy atom. The lowest BCUT2D eigenvalue weighted by Gasteiger charge is -2.48. The molecule has 3 fully saturated rings. The Balaban J connectivity index is 1.97. The van der Waals surface area contributed by atoms with Gasteiger partial charge in [-0.1, -0.05) is 0 Å². The SMILES string of the molecule is COCC(=O)OC1(C)CC2CCC1CC2. The van der Waals surface area contributed by atoms with Gasteiger partial charge in [-0.2, -0.15) is 0 Å². The molecule has 3 nitrogen and oxygen atoms in total. The maximum absolute atomic E-state index is 11.4. The van der Waals surface area contributed by atoms with Crippen LogP contribution >= 0.6 is 0 Å². The molecule has 86 valence electrons. The predicted octanol–water partition coefficient (Wildman–Crippen LogP) is 2.14. The average Bonchev–Trinajstić information content (AvgIpc) is 2.18. The second-order valence-electron chi connectivity index (χ2n) is 5.14. The van der Waals surface area contributed by atoms with E-state index in [2.05, 4.69) is 6.92 Å². The van der Waals surface area contributed by atoms with Crippen LogP contribution in [-0.2, 0) is 14.3 Å². The molecule has 0 aliphatic heterocycles. The Hall–Kier alpha value is -0.570. The van der Waals surface area contributed by atoms with Gasteiger partial charge in [0.2, 0.25) is 0 Å². The van der Waals surface area contributed by atoms with Gasteiger partial charge in [0.1, 0.15) is 12.2 Å². The number of carbonyl (C=O) groups is 1. The molecule has 15 heavy (non-hydrogen) atoms.